The Hall–Kier alpha value is -0.720. The van der Waals surface area contributed by atoms with Gasteiger partial charge in [-0.15, -0.1) is 16.4 Å². The number of aliphatic hydroxyl groups is 1. The molecule has 2 aromatic rings. The van der Waals surface area contributed by atoms with Gasteiger partial charge in [0, 0.05) is 16.8 Å². The van der Waals surface area contributed by atoms with Crippen LogP contribution in [0, 0.1) is 0 Å². The van der Waals surface area contributed by atoms with E-state index in [9.17, 15) is 5.11 Å². The second kappa shape index (κ2) is 4.75. The second-order valence-corrected chi connectivity index (χ2v) is 7.11. The van der Waals surface area contributed by atoms with Crippen LogP contribution in [0.1, 0.15) is 42.3 Å². The summed E-state index contributed by atoms with van der Waals surface area (Å²) in [4.78, 5) is 2.16. The summed E-state index contributed by atoms with van der Waals surface area (Å²) in [6, 6.07) is 4.04. The molecule has 0 aliphatic heterocycles. The van der Waals surface area contributed by atoms with E-state index in [0.717, 1.165) is 4.88 Å². The molecule has 0 saturated carbocycles. The smallest absolute Gasteiger partial charge is 0.154 e. The van der Waals surface area contributed by atoms with E-state index in [4.69, 9.17) is 0 Å². The first-order valence-electron chi connectivity index (χ1n) is 5.64. The maximum atomic E-state index is 10.4. The van der Waals surface area contributed by atoms with E-state index in [1.807, 2.05) is 6.07 Å². The van der Waals surface area contributed by atoms with Gasteiger partial charge >= 0.3 is 0 Å². The van der Waals surface area contributed by atoms with Crippen LogP contribution in [-0.4, -0.2) is 20.1 Å². The molecule has 4 nitrogen and oxygen atoms in total. The van der Waals surface area contributed by atoms with Crippen LogP contribution in [0.3, 0.4) is 0 Å². The van der Waals surface area contributed by atoms with Crippen molar-refractivity contribution in [3.63, 3.8) is 0 Å². The van der Waals surface area contributed by atoms with E-state index in [1.165, 1.54) is 4.88 Å². The van der Waals surface area contributed by atoms with Crippen molar-refractivity contribution in [2.75, 3.05) is 0 Å². The van der Waals surface area contributed by atoms with E-state index in [1.54, 1.807) is 23.1 Å². The molecule has 1 atom stereocenters. The quantitative estimate of drug-likeness (QED) is 0.921. The fraction of sp³-hybridized carbons (Fsp3) is 0.500. The summed E-state index contributed by atoms with van der Waals surface area (Å²) in [6.07, 6.45) is -0.694. The molecule has 0 radical (unpaired) electrons. The number of aliphatic hydroxyl groups excluding tert-OH is 1. The zero-order valence-electron chi connectivity index (χ0n) is 10.8. The van der Waals surface area contributed by atoms with E-state index < -0.39 is 6.10 Å². The van der Waals surface area contributed by atoms with Crippen LogP contribution in [0.15, 0.2) is 16.7 Å². The highest BCUT2D eigenvalue weighted by Crippen LogP contribution is 2.35. The molecule has 98 valence electrons. The summed E-state index contributed by atoms with van der Waals surface area (Å²) in [5.74, 6) is 0. The Bertz CT molecular complexity index is 536. The Morgan fingerprint density at radius 2 is 2.06 bits per heavy atom. The summed E-state index contributed by atoms with van der Waals surface area (Å²) in [7, 11) is 1.77. The molecule has 0 fully saturated rings. The SMILES string of the molecule is Cn1nnc(Br)c1C(O)c1ccc(C(C)(C)C)s1. The van der Waals surface area contributed by atoms with Crippen molar-refractivity contribution in [3.8, 4) is 0 Å². The third kappa shape index (κ3) is 2.50. The number of aromatic nitrogens is 3. The fourth-order valence-electron chi connectivity index (χ4n) is 1.67. The molecule has 0 aliphatic rings. The van der Waals surface area contributed by atoms with Gasteiger partial charge in [0.1, 0.15) is 11.8 Å². The number of hydrogen-bond acceptors (Lipinski definition) is 4. The van der Waals surface area contributed by atoms with Crippen molar-refractivity contribution in [2.24, 2.45) is 7.05 Å². The summed E-state index contributed by atoms with van der Waals surface area (Å²) in [5.41, 5.74) is 0.780. The van der Waals surface area contributed by atoms with Gasteiger partial charge < -0.3 is 5.11 Å². The van der Waals surface area contributed by atoms with Gasteiger partial charge in [-0.1, -0.05) is 26.0 Å². The molecule has 0 bridgehead atoms. The monoisotopic (exact) mass is 329 g/mol. The minimum Gasteiger partial charge on any atom is -0.381 e. The highest BCUT2D eigenvalue weighted by atomic mass is 79.9. The molecular weight excluding hydrogens is 314 g/mol. The molecule has 2 aromatic heterocycles. The third-order valence-corrected chi connectivity index (χ3v) is 4.85. The van der Waals surface area contributed by atoms with Crippen LogP contribution in [-0.2, 0) is 12.5 Å². The number of rotatable bonds is 2. The fourth-order valence-corrected chi connectivity index (χ4v) is 3.27. The van der Waals surface area contributed by atoms with Gasteiger partial charge in [0.25, 0.3) is 0 Å². The first-order chi connectivity index (χ1) is 8.30. The number of hydrogen-bond donors (Lipinski definition) is 1. The average Bonchev–Trinajstić information content (AvgIpc) is 2.84. The molecule has 1 N–H and O–H groups in total. The maximum absolute atomic E-state index is 10.4. The van der Waals surface area contributed by atoms with Gasteiger partial charge in [0.15, 0.2) is 4.60 Å². The molecule has 2 rings (SSSR count). The second-order valence-electron chi connectivity index (χ2n) is 5.24. The van der Waals surface area contributed by atoms with Gasteiger partial charge in [0.2, 0.25) is 0 Å². The maximum Gasteiger partial charge on any atom is 0.154 e. The highest BCUT2D eigenvalue weighted by Gasteiger charge is 2.23. The van der Waals surface area contributed by atoms with Crippen LogP contribution in [0.25, 0.3) is 0 Å². The van der Waals surface area contributed by atoms with Crippen LogP contribution in [0.5, 0.6) is 0 Å². The van der Waals surface area contributed by atoms with Crippen molar-refractivity contribution in [1.29, 1.82) is 0 Å². The Morgan fingerprint density at radius 1 is 1.39 bits per heavy atom. The number of thiophene rings is 1. The van der Waals surface area contributed by atoms with Crippen molar-refractivity contribution < 1.29 is 5.11 Å². The highest BCUT2D eigenvalue weighted by molar-refractivity contribution is 9.10. The standard InChI is InChI=1S/C12H16BrN3OS/c1-12(2,3)8-6-5-7(18-8)10(17)9-11(13)14-15-16(9)4/h5-6,10,17H,1-4H3. The largest absolute Gasteiger partial charge is 0.381 e. The lowest BCUT2D eigenvalue weighted by molar-refractivity contribution is 0.212. The van der Waals surface area contributed by atoms with Crippen molar-refractivity contribution in [3.05, 3.63) is 32.2 Å². The Kier molecular flexibility index (Phi) is 3.62. The molecule has 1 unspecified atom stereocenters. The normalized spacial score (nSPS) is 13.9. The van der Waals surface area contributed by atoms with Gasteiger partial charge in [-0.2, -0.15) is 0 Å². The topological polar surface area (TPSA) is 50.9 Å². The van der Waals surface area contributed by atoms with Crippen LogP contribution >= 0.6 is 27.3 Å². The molecule has 0 spiro atoms. The lowest BCUT2D eigenvalue weighted by atomic mass is 9.95. The lowest BCUT2D eigenvalue weighted by Gasteiger charge is -2.15. The van der Waals surface area contributed by atoms with Crippen molar-refractivity contribution in [1.82, 2.24) is 15.0 Å². The number of aryl methyl sites for hydroxylation is 1. The first kappa shape index (κ1) is 13.7. The number of halogens is 1. The van der Waals surface area contributed by atoms with Crippen LogP contribution in [0.2, 0.25) is 0 Å². The predicted octanol–water partition coefficient (Wildman–Crippen LogP) is 3.02. The van der Waals surface area contributed by atoms with Crippen LogP contribution < -0.4 is 0 Å². The molecular formula is C12H16BrN3OS. The summed E-state index contributed by atoms with van der Waals surface area (Å²) >= 11 is 4.94. The zero-order valence-corrected chi connectivity index (χ0v) is 13.2. The molecule has 2 heterocycles. The number of nitrogens with zero attached hydrogens (tertiary/aromatic N) is 3. The van der Waals surface area contributed by atoms with E-state index in [2.05, 4.69) is 53.1 Å². The van der Waals surface area contributed by atoms with Gasteiger partial charge in [-0.25, -0.2) is 4.68 Å². The zero-order chi connectivity index (χ0) is 13.5. The summed E-state index contributed by atoms with van der Waals surface area (Å²) in [6.45, 7) is 6.49. The van der Waals surface area contributed by atoms with Crippen molar-refractivity contribution in [2.45, 2.75) is 32.3 Å². The minimum absolute atomic E-state index is 0.102. The molecule has 0 amide bonds. The third-order valence-electron chi connectivity index (χ3n) is 2.72. The summed E-state index contributed by atoms with van der Waals surface area (Å²) < 4.78 is 2.17. The van der Waals surface area contributed by atoms with E-state index in [-0.39, 0.29) is 5.41 Å². The van der Waals surface area contributed by atoms with Gasteiger partial charge in [0.05, 0.1) is 0 Å². The molecule has 0 aromatic carbocycles. The van der Waals surface area contributed by atoms with E-state index in [0.29, 0.717) is 10.3 Å². The first-order valence-corrected chi connectivity index (χ1v) is 7.25. The minimum atomic E-state index is -0.694. The molecule has 18 heavy (non-hydrogen) atoms. The molecule has 6 heteroatoms. The predicted molar refractivity (Wildman–Crippen MR) is 75.8 cm³/mol. The van der Waals surface area contributed by atoms with E-state index >= 15 is 0 Å². The Labute approximate surface area is 119 Å². The lowest BCUT2D eigenvalue weighted by Crippen LogP contribution is -2.08. The van der Waals surface area contributed by atoms with Gasteiger partial charge in [-0.05, 0) is 33.5 Å². The average molecular weight is 330 g/mol. The van der Waals surface area contributed by atoms with Gasteiger partial charge in [-0.3, -0.25) is 0 Å². The van der Waals surface area contributed by atoms with Crippen LogP contribution in [0.4, 0.5) is 0 Å². The Balaban J connectivity index is 2.35. The molecule has 0 saturated heterocycles. The summed E-state index contributed by atoms with van der Waals surface area (Å²) in [5, 5.41) is 18.2. The van der Waals surface area contributed by atoms with Crippen molar-refractivity contribution >= 4 is 27.3 Å². The Morgan fingerprint density at radius 3 is 2.50 bits per heavy atom. The molecule has 0 aliphatic carbocycles.